The number of carbonyl (C=O) groups is 2. The largest absolute Gasteiger partial charge is 0.294 e. The second kappa shape index (κ2) is 5.34. The van der Waals surface area contributed by atoms with Crippen LogP contribution in [0.5, 0.6) is 0 Å². The number of fused-ring (bicyclic) bond motifs is 3. The predicted molar refractivity (Wildman–Crippen MR) is 103 cm³/mol. The van der Waals surface area contributed by atoms with Crippen molar-refractivity contribution in [2.75, 3.05) is 0 Å². The van der Waals surface area contributed by atoms with E-state index in [2.05, 4.69) is 13.8 Å². The standard InChI is InChI=1S/C22H19NO2S/c1-22(2)10-14-17(15(24)11-22)18(16-8-5-9-26-16)19-20(23-14)12-6-3-4-7-13(12)21(19)25/h3-9,18-19H,10-11H2,1-2H3. The normalized spacial score (nSPS) is 26.3. The summed E-state index contributed by atoms with van der Waals surface area (Å²) in [6.07, 6.45) is 1.30. The molecule has 4 heteroatoms. The molecule has 2 heterocycles. The van der Waals surface area contributed by atoms with Crippen molar-refractivity contribution in [3.63, 3.8) is 0 Å². The molecule has 1 aromatic carbocycles. The first-order valence-electron chi connectivity index (χ1n) is 8.98. The summed E-state index contributed by atoms with van der Waals surface area (Å²) >= 11 is 1.62. The average Bonchev–Trinajstić information content (AvgIpc) is 3.21. The molecule has 0 radical (unpaired) electrons. The summed E-state index contributed by atoms with van der Waals surface area (Å²) in [6, 6.07) is 11.8. The van der Waals surface area contributed by atoms with Crippen LogP contribution < -0.4 is 0 Å². The van der Waals surface area contributed by atoms with E-state index in [4.69, 9.17) is 4.99 Å². The Morgan fingerprint density at radius 2 is 1.77 bits per heavy atom. The highest BCUT2D eigenvalue weighted by Gasteiger charge is 2.50. The van der Waals surface area contributed by atoms with Crippen LogP contribution in [0.2, 0.25) is 0 Å². The molecule has 130 valence electrons. The molecular formula is C22H19NO2S. The number of aliphatic imine (C=N–C) groups is 1. The van der Waals surface area contributed by atoms with E-state index in [-0.39, 0.29) is 28.8 Å². The molecule has 0 spiro atoms. The van der Waals surface area contributed by atoms with Gasteiger partial charge in [-0.3, -0.25) is 14.6 Å². The zero-order chi connectivity index (χ0) is 18.1. The molecule has 0 fully saturated rings. The van der Waals surface area contributed by atoms with Gasteiger partial charge in [-0.2, -0.15) is 0 Å². The number of hydrogen-bond acceptors (Lipinski definition) is 4. The number of hydrogen-bond donors (Lipinski definition) is 0. The van der Waals surface area contributed by atoms with E-state index >= 15 is 0 Å². The number of rotatable bonds is 1. The number of thiophene rings is 1. The highest BCUT2D eigenvalue weighted by atomic mass is 32.1. The molecule has 26 heavy (non-hydrogen) atoms. The number of ketones is 2. The fourth-order valence-corrected chi connectivity index (χ4v) is 5.53. The van der Waals surface area contributed by atoms with Gasteiger partial charge in [-0.05, 0) is 23.3 Å². The molecular weight excluding hydrogens is 342 g/mol. The van der Waals surface area contributed by atoms with E-state index in [1.54, 1.807) is 11.3 Å². The van der Waals surface area contributed by atoms with Crippen molar-refractivity contribution < 1.29 is 9.59 Å². The quantitative estimate of drug-likeness (QED) is 0.733. The molecule has 2 aliphatic carbocycles. The van der Waals surface area contributed by atoms with E-state index in [0.717, 1.165) is 39.4 Å². The van der Waals surface area contributed by atoms with E-state index in [0.29, 0.717) is 6.42 Å². The maximum absolute atomic E-state index is 13.2. The molecule has 1 aliphatic heterocycles. The fourth-order valence-electron chi connectivity index (χ4n) is 4.66. The zero-order valence-electron chi connectivity index (χ0n) is 14.8. The van der Waals surface area contributed by atoms with Crippen LogP contribution in [-0.4, -0.2) is 17.3 Å². The van der Waals surface area contributed by atoms with Gasteiger partial charge in [-0.15, -0.1) is 11.3 Å². The van der Waals surface area contributed by atoms with Crippen LogP contribution in [0.15, 0.2) is 58.0 Å². The molecule has 2 aromatic rings. The highest BCUT2D eigenvalue weighted by molar-refractivity contribution is 7.10. The monoisotopic (exact) mass is 361 g/mol. The third-order valence-corrected chi connectivity index (χ3v) is 6.65. The van der Waals surface area contributed by atoms with Crippen molar-refractivity contribution in [2.45, 2.75) is 32.6 Å². The highest BCUT2D eigenvalue weighted by Crippen LogP contribution is 2.51. The smallest absolute Gasteiger partial charge is 0.173 e. The predicted octanol–water partition coefficient (Wildman–Crippen LogP) is 4.79. The number of benzene rings is 1. The zero-order valence-corrected chi connectivity index (χ0v) is 15.6. The molecule has 0 saturated carbocycles. The molecule has 2 atom stereocenters. The average molecular weight is 361 g/mol. The molecule has 0 saturated heterocycles. The Morgan fingerprint density at radius 3 is 2.50 bits per heavy atom. The van der Waals surface area contributed by atoms with Gasteiger partial charge in [0.2, 0.25) is 0 Å². The lowest BCUT2D eigenvalue weighted by Gasteiger charge is -2.37. The lowest BCUT2D eigenvalue weighted by atomic mass is 9.68. The maximum atomic E-state index is 13.2. The van der Waals surface area contributed by atoms with E-state index in [1.165, 1.54) is 0 Å². The molecule has 2 unspecified atom stereocenters. The van der Waals surface area contributed by atoms with Crippen LogP contribution in [0.3, 0.4) is 0 Å². The topological polar surface area (TPSA) is 46.5 Å². The minimum absolute atomic E-state index is 0.0883. The van der Waals surface area contributed by atoms with Crippen molar-refractivity contribution in [3.8, 4) is 0 Å². The molecule has 1 aromatic heterocycles. The van der Waals surface area contributed by atoms with Gasteiger partial charge >= 0.3 is 0 Å². The Hall–Kier alpha value is -2.33. The van der Waals surface area contributed by atoms with Gasteiger partial charge in [0.05, 0.1) is 11.6 Å². The van der Waals surface area contributed by atoms with Crippen LogP contribution in [-0.2, 0) is 4.79 Å². The van der Waals surface area contributed by atoms with Crippen LogP contribution >= 0.6 is 11.3 Å². The Balaban J connectivity index is 1.77. The van der Waals surface area contributed by atoms with Crippen molar-refractivity contribution in [3.05, 3.63) is 69.1 Å². The van der Waals surface area contributed by atoms with Crippen LogP contribution in [0.4, 0.5) is 0 Å². The van der Waals surface area contributed by atoms with Gasteiger partial charge in [0, 0.05) is 39.6 Å². The summed E-state index contributed by atoms with van der Waals surface area (Å²) in [6.45, 7) is 4.24. The summed E-state index contributed by atoms with van der Waals surface area (Å²) in [4.78, 5) is 32.3. The molecule has 0 N–H and O–H groups in total. The Morgan fingerprint density at radius 1 is 1.00 bits per heavy atom. The van der Waals surface area contributed by atoms with Crippen LogP contribution in [0, 0.1) is 11.3 Å². The lowest BCUT2D eigenvalue weighted by molar-refractivity contribution is -0.118. The summed E-state index contributed by atoms with van der Waals surface area (Å²) in [5.74, 6) is -0.306. The molecule has 3 nitrogen and oxygen atoms in total. The first kappa shape index (κ1) is 15.9. The molecule has 0 bridgehead atoms. The number of allylic oxidation sites excluding steroid dienone is 2. The molecule has 0 amide bonds. The van der Waals surface area contributed by atoms with Crippen LogP contribution in [0.1, 0.15) is 53.4 Å². The third kappa shape index (κ3) is 2.15. The van der Waals surface area contributed by atoms with Crippen molar-refractivity contribution in [1.82, 2.24) is 0 Å². The SMILES string of the molecule is CC1(C)CC(=O)C2=C(C1)N=C1c3ccccc3C(=O)C1C2c1cccs1. The Kier molecular flexibility index (Phi) is 3.26. The van der Waals surface area contributed by atoms with E-state index < -0.39 is 0 Å². The van der Waals surface area contributed by atoms with E-state index in [9.17, 15) is 9.59 Å². The third-order valence-electron chi connectivity index (χ3n) is 5.69. The van der Waals surface area contributed by atoms with Crippen molar-refractivity contribution >= 4 is 28.6 Å². The van der Waals surface area contributed by atoms with Gasteiger partial charge in [-0.25, -0.2) is 0 Å². The van der Waals surface area contributed by atoms with E-state index in [1.807, 2.05) is 41.8 Å². The van der Waals surface area contributed by atoms with Gasteiger partial charge in [0.1, 0.15) is 0 Å². The summed E-state index contributed by atoms with van der Waals surface area (Å²) in [5, 5.41) is 2.02. The Labute approximate surface area is 156 Å². The minimum Gasteiger partial charge on any atom is -0.294 e. The maximum Gasteiger partial charge on any atom is 0.173 e. The van der Waals surface area contributed by atoms with Gasteiger partial charge < -0.3 is 0 Å². The first-order chi connectivity index (χ1) is 12.5. The fraction of sp³-hybridized carbons (Fsp3) is 0.318. The molecule has 3 aliphatic rings. The van der Waals surface area contributed by atoms with Gasteiger partial charge in [-0.1, -0.05) is 44.2 Å². The number of carbonyl (C=O) groups excluding carboxylic acids is 2. The summed E-state index contributed by atoms with van der Waals surface area (Å²) in [5.41, 5.74) is 4.11. The summed E-state index contributed by atoms with van der Waals surface area (Å²) in [7, 11) is 0. The second-order valence-electron chi connectivity index (χ2n) is 8.18. The minimum atomic E-state index is -0.366. The lowest BCUT2D eigenvalue weighted by Crippen LogP contribution is -2.36. The Bertz CT molecular complexity index is 1010. The van der Waals surface area contributed by atoms with Gasteiger partial charge in [0.25, 0.3) is 0 Å². The van der Waals surface area contributed by atoms with Crippen molar-refractivity contribution in [1.29, 1.82) is 0 Å². The summed E-state index contributed by atoms with van der Waals surface area (Å²) < 4.78 is 0. The molecule has 5 rings (SSSR count). The van der Waals surface area contributed by atoms with Crippen LogP contribution in [0.25, 0.3) is 0 Å². The van der Waals surface area contributed by atoms with Crippen molar-refractivity contribution in [2.24, 2.45) is 16.3 Å². The first-order valence-corrected chi connectivity index (χ1v) is 9.86. The van der Waals surface area contributed by atoms with Gasteiger partial charge in [0.15, 0.2) is 11.6 Å². The second-order valence-corrected chi connectivity index (χ2v) is 9.16. The number of nitrogens with zero attached hydrogens (tertiary/aromatic N) is 1. The number of Topliss-reactive ketones (excluding diaryl/α,β-unsaturated/α-hetero) is 2.